The van der Waals surface area contributed by atoms with Gasteiger partial charge in [-0.2, -0.15) is 5.10 Å². The van der Waals surface area contributed by atoms with Crippen LogP contribution >= 0.6 is 0 Å². The first kappa shape index (κ1) is 13.4. The topological polar surface area (TPSA) is 62.3 Å². The molecule has 0 spiro atoms. The maximum absolute atomic E-state index is 14.1. The van der Waals surface area contributed by atoms with E-state index in [4.69, 9.17) is 15.2 Å². The Labute approximate surface area is 110 Å². The molecule has 2 rings (SSSR count). The van der Waals surface area contributed by atoms with E-state index < -0.39 is 5.82 Å². The highest BCUT2D eigenvalue weighted by atomic mass is 19.1. The van der Waals surface area contributed by atoms with Crippen LogP contribution < -0.4 is 10.5 Å². The maximum atomic E-state index is 14.1. The fourth-order valence-corrected chi connectivity index (χ4v) is 1.87. The average Bonchev–Trinajstić information content (AvgIpc) is 2.71. The van der Waals surface area contributed by atoms with Crippen LogP contribution in [-0.4, -0.2) is 24.0 Å². The molecule has 0 atom stereocenters. The Balaban J connectivity index is 2.53. The normalized spacial score (nSPS) is 10.7. The number of nitrogens with zero attached hydrogens (tertiary/aromatic N) is 2. The lowest BCUT2D eigenvalue weighted by molar-refractivity contribution is 0.181. The Bertz CT molecular complexity index is 576. The van der Waals surface area contributed by atoms with E-state index in [9.17, 15) is 4.39 Å². The molecule has 5 nitrogen and oxygen atoms in total. The monoisotopic (exact) mass is 265 g/mol. The molecule has 1 aromatic carbocycles. The molecule has 6 heteroatoms. The molecule has 19 heavy (non-hydrogen) atoms. The van der Waals surface area contributed by atoms with Gasteiger partial charge in [0.1, 0.15) is 17.4 Å². The van der Waals surface area contributed by atoms with Gasteiger partial charge in [0.2, 0.25) is 0 Å². The molecular weight excluding hydrogens is 249 g/mol. The van der Waals surface area contributed by atoms with Gasteiger partial charge in [0, 0.05) is 37.4 Å². The summed E-state index contributed by atoms with van der Waals surface area (Å²) in [4.78, 5) is 0. The lowest BCUT2D eigenvalue weighted by Crippen LogP contribution is -1.98. The zero-order chi connectivity index (χ0) is 14.0. The summed E-state index contributed by atoms with van der Waals surface area (Å²) in [7, 11) is 4.77. The van der Waals surface area contributed by atoms with Crippen LogP contribution in [0.4, 0.5) is 10.2 Å². The Morgan fingerprint density at radius 1 is 1.32 bits per heavy atom. The van der Waals surface area contributed by atoms with Crippen molar-refractivity contribution in [1.82, 2.24) is 9.78 Å². The van der Waals surface area contributed by atoms with Crippen LogP contribution in [0.25, 0.3) is 11.3 Å². The van der Waals surface area contributed by atoms with Crippen molar-refractivity contribution in [2.75, 3.05) is 20.0 Å². The highest BCUT2D eigenvalue weighted by Crippen LogP contribution is 2.30. The molecule has 0 radical (unpaired) electrons. The van der Waals surface area contributed by atoms with Gasteiger partial charge in [-0.1, -0.05) is 0 Å². The molecule has 0 unspecified atom stereocenters. The van der Waals surface area contributed by atoms with Crippen molar-refractivity contribution in [2.45, 2.75) is 6.61 Å². The number of aryl methyl sites for hydroxylation is 1. The molecular formula is C13H16FN3O2. The third kappa shape index (κ3) is 2.53. The fourth-order valence-electron chi connectivity index (χ4n) is 1.87. The van der Waals surface area contributed by atoms with Crippen molar-refractivity contribution in [2.24, 2.45) is 7.05 Å². The van der Waals surface area contributed by atoms with Crippen LogP contribution in [-0.2, 0) is 18.4 Å². The zero-order valence-corrected chi connectivity index (χ0v) is 11.1. The van der Waals surface area contributed by atoms with E-state index in [1.54, 1.807) is 26.3 Å². The second kappa shape index (κ2) is 5.27. The summed E-state index contributed by atoms with van der Waals surface area (Å²) in [6, 6.07) is 4.62. The van der Waals surface area contributed by atoms with Crippen molar-refractivity contribution in [3.8, 4) is 17.0 Å². The largest absolute Gasteiger partial charge is 0.496 e. The first-order chi connectivity index (χ1) is 9.06. The Kier molecular flexibility index (Phi) is 3.71. The van der Waals surface area contributed by atoms with E-state index in [0.29, 0.717) is 29.4 Å². The van der Waals surface area contributed by atoms with Crippen molar-refractivity contribution >= 4 is 5.82 Å². The summed E-state index contributed by atoms with van der Waals surface area (Å²) in [6.45, 7) is 0.332. The number of anilines is 1. The molecule has 0 fully saturated rings. The molecule has 1 aromatic heterocycles. The number of ether oxygens (including phenoxy) is 2. The predicted octanol–water partition coefficient (Wildman–Crippen LogP) is 1.96. The Hall–Kier alpha value is -2.08. The molecule has 0 aliphatic rings. The highest BCUT2D eigenvalue weighted by Gasteiger charge is 2.15. The number of hydrogen-bond donors (Lipinski definition) is 1. The van der Waals surface area contributed by atoms with Crippen molar-refractivity contribution in [3.63, 3.8) is 0 Å². The molecule has 102 valence electrons. The molecule has 0 saturated carbocycles. The second-order valence-corrected chi connectivity index (χ2v) is 4.15. The summed E-state index contributed by atoms with van der Waals surface area (Å²) >= 11 is 0. The molecule has 1 heterocycles. The minimum absolute atomic E-state index is 0.332. The summed E-state index contributed by atoms with van der Waals surface area (Å²) in [5.41, 5.74) is 7.32. The number of aromatic nitrogens is 2. The smallest absolute Gasteiger partial charge is 0.136 e. The minimum Gasteiger partial charge on any atom is -0.496 e. The third-order valence-electron chi connectivity index (χ3n) is 2.86. The standard InChI is InChI=1S/C13H16FN3O2/c1-17-13(15)6-11(16-17)9-4-8(7-18-2)12(19-3)5-10(9)14/h4-6H,7,15H2,1-3H3. The number of hydrogen-bond acceptors (Lipinski definition) is 4. The van der Waals surface area contributed by atoms with Crippen LogP contribution in [0.1, 0.15) is 5.56 Å². The summed E-state index contributed by atoms with van der Waals surface area (Å²) < 4.78 is 25.8. The number of methoxy groups -OCH3 is 2. The van der Waals surface area contributed by atoms with Gasteiger partial charge >= 0.3 is 0 Å². The van der Waals surface area contributed by atoms with E-state index in [0.717, 1.165) is 5.56 Å². The SMILES string of the molecule is COCc1cc(-c2cc(N)n(C)n2)c(F)cc1OC. The molecule has 0 bridgehead atoms. The number of nitrogen functional groups attached to an aromatic ring is 1. The fraction of sp³-hybridized carbons (Fsp3) is 0.308. The molecule has 2 aromatic rings. The summed E-state index contributed by atoms with van der Waals surface area (Å²) in [6.07, 6.45) is 0. The number of nitrogens with two attached hydrogens (primary N) is 1. The van der Waals surface area contributed by atoms with Gasteiger partial charge in [0.05, 0.1) is 19.4 Å². The van der Waals surface area contributed by atoms with E-state index in [-0.39, 0.29) is 0 Å². The van der Waals surface area contributed by atoms with Crippen molar-refractivity contribution in [3.05, 3.63) is 29.6 Å². The van der Waals surface area contributed by atoms with Gasteiger partial charge in [-0.25, -0.2) is 4.39 Å². The highest BCUT2D eigenvalue weighted by molar-refractivity contribution is 5.65. The maximum Gasteiger partial charge on any atom is 0.136 e. The Morgan fingerprint density at radius 3 is 2.58 bits per heavy atom. The van der Waals surface area contributed by atoms with E-state index in [2.05, 4.69) is 5.10 Å². The van der Waals surface area contributed by atoms with Crippen LogP contribution in [0, 0.1) is 5.82 Å². The first-order valence-electron chi connectivity index (χ1n) is 5.72. The average molecular weight is 265 g/mol. The van der Waals surface area contributed by atoms with Crippen molar-refractivity contribution < 1.29 is 13.9 Å². The second-order valence-electron chi connectivity index (χ2n) is 4.15. The van der Waals surface area contributed by atoms with Gasteiger partial charge in [-0.3, -0.25) is 4.68 Å². The van der Waals surface area contributed by atoms with E-state index in [1.807, 2.05) is 0 Å². The first-order valence-corrected chi connectivity index (χ1v) is 5.72. The van der Waals surface area contributed by atoms with E-state index in [1.165, 1.54) is 17.9 Å². The van der Waals surface area contributed by atoms with Gasteiger partial charge in [-0.05, 0) is 6.07 Å². The van der Waals surface area contributed by atoms with Gasteiger partial charge < -0.3 is 15.2 Å². The minimum atomic E-state index is -0.408. The molecule has 0 aliphatic heterocycles. The molecule has 0 aliphatic carbocycles. The lowest BCUT2D eigenvalue weighted by Gasteiger charge is -2.10. The molecule has 0 amide bonds. The third-order valence-corrected chi connectivity index (χ3v) is 2.86. The number of rotatable bonds is 4. The van der Waals surface area contributed by atoms with E-state index >= 15 is 0 Å². The van der Waals surface area contributed by atoms with Crippen LogP contribution in [0.3, 0.4) is 0 Å². The van der Waals surface area contributed by atoms with Crippen molar-refractivity contribution in [1.29, 1.82) is 0 Å². The Morgan fingerprint density at radius 2 is 2.05 bits per heavy atom. The number of benzene rings is 1. The zero-order valence-electron chi connectivity index (χ0n) is 11.1. The molecule has 2 N–H and O–H groups in total. The predicted molar refractivity (Wildman–Crippen MR) is 70.3 cm³/mol. The van der Waals surface area contributed by atoms with Crippen LogP contribution in [0.5, 0.6) is 5.75 Å². The number of halogens is 1. The van der Waals surface area contributed by atoms with Crippen LogP contribution in [0.15, 0.2) is 18.2 Å². The summed E-state index contributed by atoms with van der Waals surface area (Å²) in [5, 5.41) is 4.17. The molecule has 0 saturated heterocycles. The lowest BCUT2D eigenvalue weighted by atomic mass is 10.1. The quantitative estimate of drug-likeness (QED) is 0.918. The van der Waals surface area contributed by atoms with Gasteiger partial charge in [0.15, 0.2) is 0 Å². The van der Waals surface area contributed by atoms with Gasteiger partial charge in [-0.15, -0.1) is 0 Å². The summed E-state index contributed by atoms with van der Waals surface area (Å²) in [5.74, 6) is 0.514. The van der Waals surface area contributed by atoms with Crippen LogP contribution in [0.2, 0.25) is 0 Å². The van der Waals surface area contributed by atoms with Gasteiger partial charge in [0.25, 0.3) is 0 Å².